The van der Waals surface area contributed by atoms with E-state index in [1.54, 1.807) is 0 Å². The van der Waals surface area contributed by atoms with Crippen LogP contribution < -0.4 is 4.74 Å². The number of alkyl halides is 2. The summed E-state index contributed by atoms with van der Waals surface area (Å²) in [6.45, 7) is -3.24. The smallest absolute Gasteiger partial charge is 0.387 e. The van der Waals surface area contributed by atoms with Crippen molar-refractivity contribution in [3.05, 3.63) is 38.4 Å². The summed E-state index contributed by atoms with van der Waals surface area (Å²) in [5, 5.41) is 20.7. The highest BCUT2D eigenvalue weighted by atomic mass is 19.3. The molecule has 0 bridgehead atoms. The largest absolute Gasteiger partial charge is 0.427 e. The fourth-order valence-corrected chi connectivity index (χ4v) is 0.958. The first kappa shape index (κ1) is 11.8. The molecule has 0 unspecified atom stereocenters. The minimum Gasteiger partial charge on any atom is -0.427 e. The standard InChI is InChI=1S/C7H4F2N2O5/c8-7(9)16-6-2-1-4(10(12)13)3-5(6)11(14)15/h1-3,7H. The maximum absolute atomic E-state index is 11.8. The molecule has 0 saturated heterocycles. The molecule has 0 N–H and O–H groups in total. The van der Waals surface area contributed by atoms with Crippen molar-refractivity contribution in [3.8, 4) is 5.75 Å². The molecule has 86 valence electrons. The molecule has 0 spiro atoms. The Balaban J connectivity index is 3.19. The van der Waals surface area contributed by atoms with E-state index in [-0.39, 0.29) is 0 Å². The summed E-state index contributed by atoms with van der Waals surface area (Å²) in [6.07, 6.45) is 0. The molecule has 7 nitrogen and oxygen atoms in total. The molecule has 0 radical (unpaired) electrons. The molecule has 1 aromatic carbocycles. The van der Waals surface area contributed by atoms with Crippen molar-refractivity contribution in [3.63, 3.8) is 0 Å². The number of benzene rings is 1. The zero-order chi connectivity index (χ0) is 12.3. The van der Waals surface area contributed by atoms with E-state index in [0.717, 1.165) is 12.1 Å². The van der Waals surface area contributed by atoms with E-state index in [9.17, 15) is 29.0 Å². The second kappa shape index (κ2) is 4.47. The molecule has 0 amide bonds. The van der Waals surface area contributed by atoms with Crippen LogP contribution in [0.1, 0.15) is 0 Å². The third-order valence-electron chi connectivity index (χ3n) is 1.57. The number of nitro benzene ring substituents is 2. The van der Waals surface area contributed by atoms with Crippen molar-refractivity contribution in [2.45, 2.75) is 6.61 Å². The van der Waals surface area contributed by atoms with Crippen LogP contribution in [0.3, 0.4) is 0 Å². The molecule has 0 atom stereocenters. The maximum Gasteiger partial charge on any atom is 0.387 e. The Morgan fingerprint density at radius 3 is 2.25 bits per heavy atom. The zero-order valence-electron chi connectivity index (χ0n) is 7.50. The van der Waals surface area contributed by atoms with Crippen LogP contribution in [0, 0.1) is 20.2 Å². The van der Waals surface area contributed by atoms with Gasteiger partial charge in [0.15, 0.2) is 0 Å². The fraction of sp³-hybridized carbons (Fsp3) is 0.143. The molecular weight excluding hydrogens is 230 g/mol. The topological polar surface area (TPSA) is 95.5 Å². The molecular formula is C7H4F2N2O5. The van der Waals surface area contributed by atoms with Crippen LogP contribution in [-0.4, -0.2) is 16.5 Å². The van der Waals surface area contributed by atoms with Gasteiger partial charge >= 0.3 is 12.3 Å². The molecule has 0 fully saturated rings. The average Bonchev–Trinajstić information content (AvgIpc) is 2.16. The summed E-state index contributed by atoms with van der Waals surface area (Å²) in [7, 11) is 0. The highest BCUT2D eigenvalue weighted by Crippen LogP contribution is 2.31. The van der Waals surface area contributed by atoms with E-state index in [4.69, 9.17) is 0 Å². The lowest BCUT2D eigenvalue weighted by molar-refractivity contribution is -0.395. The number of hydrogen-bond donors (Lipinski definition) is 0. The quantitative estimate of drug-likeness (QED) is 0.587. The first-order valence-corrected chi connectivity index (χ1v) is 3.79. The van der Waals surface area contributed by atoms with E-state index in [1.807, 2.05) is 0 Å². The predicted molar refractivity (Wildman–Crippen MR) is 46.4 cm³/mol. The van der Waals surface area contributed by atoms with Crippen molar-refractivity contribution in [2.75, 3.05) is 0 Å². The van der Waals surface area contributed by atoms with Crippen LogP contribution >= 0.6 is 0 Å². The Kier molecular flexibility index (Phi) is 3.28. The highest BCUT2D eigenvalue weighted by molar-refractivity contribution is 5.53. The predicted octanol–water partition coefficient (Wildman–Crippen LogP) is 2.10. The minimum absolute atomic E-state index is 0.553. The second-order valence-electron chi connectivity index (χ2n) is 2.54. The molecule has 1 aromatic rings. The zero-order valence-corrected chi connectivity index (χ0v) is 7.50. The highest BCUT2D eigenvalue weighted by Gasteiger charge is 2.22. The number of hydrogen-bond acceptors (Lipinski definition) is 5. The third-order valence-corrected chi connectivity index (χ3v) is 1.57. The molecule has 1 rings (SSSR count). The van der Waals surface area contributed by atoms with E-state index in [0.29, 0.717) is 6.07 Å². The number of nitrogens with zero attached hydrogens (tertiary/aromatic N) is 2. The van der Waals surface area contributed by atoms with E-state index in [1.165, 1.54) is 0 Å². The van der Waals surface area contributed by atoms with Crippen molar-refractivity contribution in [1.29, 1.82) is 0 Å². The average molecular weight is 234 g/mol. The molecule has 9 heteroatoms. The van der Waals surface area contributed by atoms with Gasteiger partial charge in [-0.3, -0.25) is 20.2 Å². The SMILES string of the molecule is O=[N+]([O-])c1ccc(OC(F)F)c([N+](=O)[O-])c1. The molecule has 0 heterocycles. The van der Waals surface area contributed by atoms with E-state index >= 15 is 0 Å². The number of ether oxygens (including phenoxy) is 1. The summed E-state index contributed by atoms with van der Waals surface area (Å²) in [5.74, 6) is -0.717. The number of halogens is 2. The van der Waals surface area contributed by atoms with Gasteiger partial charge in [-0.05, 0) is 6.07 Å². The van der Waals surface area contributed by atoms with Crippen molar-refractivity contribution >= 4 is 11.4 Å². The summed E-state index contributed by atoms with van der Waals surface area (Å²) < 4.78 is 27.5. The molecule has 0 aliphatic rings. The third kappa shape index (κ3) is 2.59. The molecule has 0 aliphatic heterocycles. The van der Waals surface area contributed by atoms with Gasteiger partial charge in [-0.25, -0.2) is 0 Å². The summed E-state index contributed by atoms with van der Waals surface area (Å²) in [6, 6.07) is 2.14. The van der Waals surface area contributed by atoms with Crippen molar-refractivity contribution < 1.29 is 23.4 Å². The van der Waals surface area contributed by atoms with Gasteiger partial charge in [0.25, 0.3) is 5.69 Å². The van der Waals surface area contributed by atoms with E-state index in [2.05, 4.69) is 4.74 Å². The van der Waals surface area contributed by atoms with Crippen molar-refractivity contribution in [2.24, 2.45) is 0 Å². The van der Waals surface area contributed by atoms with Crippen LogP contribution in [0.2, 0.25) is 0 Å². The first-order chi connectivity index (χ1) is 7.41. The molecule has 0 aliphatic carbocycles. The monoisotopic (exact) mass is 234 g/mol. The molecule has 0 aromatic heterocycles. The Morgan fingerprint density at radius 1 is 1.19 bits per heavy atom. The Hall–Kier alpha value is -2.32. The molecule has 16 heavy (non-hydrogen) atoms. The Bertz CT molecular complexity index is 437. The van der Waals surface area contributed by atoms with Crippen LogP contribution in [0.5, 0.6) is 5.75 Å². The summed E-state index contributed by atoms with van der Waals surface area (Å²) in [4.78, 5) is 18.8. The number of non-ortho nitro benzene ring substituents is 1. The van der Waals surface area contributed by atoms with Gasteiger partial charge in [-0.2, -0.15) is 8.78 Å². The van der Waals surface area contributed by atoms with Crippen molar-refractivity contribution in [1.82, 2.24) is 0 Å². The molecule has 0 saturated carbocycles. The van der Waals surface area contributed by atoms with Gasteiger partial charge < -0.3 is 4.74 Å². The lowest BCUT2D eigenvalue weighted by atomic mass is 10.2. The van der Waals surface area contributed by atoms with Crippen LogP contribution in [0.15, 0.2) is 18.2 Å². The minimum atomic E-state index is -3.24. The van der Waals surface area contributed by atoms with E-state index < -0.39 is 33.6 Å². The fourth-order valence-electron chi connectivity index (χ4n) is 0.958. The van der Waals surface area contributed by atoms with Crippen LogP contribution in [-0.2, 0) is 0 Å². The van der Waals surface area contributed by atoms with Crippen LogP contribution in [0.4, 0.5) is 20.2 Å². The summed E-state index contributed by atoms with van der Waals surface area (Å²) >= 11 is 0. The summed E-state index contributed by atoms with van der Waals surface area (Å²) in [5.41, 5.74) is -1.46. The number of nitro groups is 2. The van der Waals surface area contributed by atoms with Gasteiger partial charge in [0.05, 0.1) is 15.9 Å². The van der Waals surface area contributed by atoms with Gasteiger partial charge in [0.1, 0.15) is 0 Å². The number of rotatable bonds is 4. The lowest BCUT2D eigenvalue weighted by Crippen LogP contribution is -2.04. The van der Waals surface area contributed by atoms with Gasteiger partial charge in [-0.15, -0.1) is 0 Å². The normalized spacial score (nSPS) is 10.2. The lowest BCUT2D eigenvalue weighted by Gasteiger charge is -2.04. The van der Waals surface area contributed by atoms with Gasteiger partial charge in [-0.1, -0.05) is 0 Å². The first-order valence-electron chi connectivity index (χ1n) is 3.79. The maximum atomic E-state index is 11.8. The van der Waals surface area contributed by atoms with Gasteiger partial charge in [0.2, 0.25) is 5.75 Å². The van der Waals surface area contributed by atoms with Gasteiger partial charge in [0, 0.05) is 6.07 Å². The van der Waals surface area contributed by atoms with Crippen LogP contribution in [0.25, 0.3) is 0 Å². The Labute approximate surface area is 86.5 Å². The second-order valence-corrected chi connectivity index (χ2v) is 2.54. The Morgan fingerprint density at radius 2 is 1.81 bits per heavy atom.